The van der Waals surface area contributed by atoms with Gasteiger partial charge >= 0.3 is 0 Å². The van der Waals surface area contributed by atoms with Crippen LogP contribution in [0.25, 0.3) is 0 Å². The van der Waals surface area contributed by atoms with Gasteiger partial charge in [0.1, 0.15) is 0 Å². The van der Waals surface area contributed by atoms with Crippen molar-refractivity contribution in [2.45, 2.75) is 19.2 Å². The van der Waals surface area contributed by atoms with Crippen molar-refractivity contribution >= 4 is 38.9 Å². The highest BCUT2D eigenvalue weighted by Gasteiger charge is 2.06. The molecule has 1 atom stereocenters. The van der Waals surface area contributed by atoms with E-state index in [0.29, 0.717) is 0 Å². The van der Waals surface area contributed by atoms with Crippen LogP contribution >= 0.6 is 38.9 Å². The van der Waals surface area contributed by atoms with Gasteiger partial charge in [-0.05, 0) is 41.4 Å². The van der Waals surface area contributed by atoms with E-state index in [9.17, 15) is 0 Å². The van der Waals surface area contributed by atoms with Crippen LogP contribution < -0.4 is 0 Å². The highest BCUT2D eigenvalue weighted by Crippen LogP contribution is 2.33. The molecule has 0 aliphatic rings. The monoisotopic (exact) mass is 238 g/mol. The van der Waals surface area contributed by atoms with E-state index >= 15 is 0 Å². The molecule has 0 nitrogen and oxygen atoms in total. The number of aryl methyl sites for hydroxylation is 1. The number of thiophene rings is 1. The average molecular weight is 240 g/mol. The minimum absolute atomic E-state index is 0.134. The van der Waals surface area contributed by atoms with Crippen molar-refractivity contribution in [2.75, 3.05) is 0 Å². The van der Waals surface area contributed by atoms with E-state index < -0.39 is 0 Å². The Labute approximate surface area is 78.3 Å². The van der Waals surface area contributed by atoms with Gasteiger partial charge in [0.25, 0.3) is 0 Å². The van der Waals surface area contributed by atoms with Crippen LogP contribution in [0.15, 0.2) is 9.85 Å². The zero-order valence-electron chi connectivity index (χ0n) is 5.82. The van der Waals surface area contributed by atoms with Crippen LogP contribution in [-0.4, -0.2) is 0 Å². The molecular formula is C7H8BrClS. The number of hydrogen-bond acceptors (Lipinski definition) is 1. The molecule has 1 aromatic rings. The fourth-order valence-corrected chi connectivity index (χ4v) is 2.38. The van der Waals surface area contributed by atoms with E-state index in [0.717, 1.165) is 0 Å². The summed E-state index contributed by atoms with van der Waals surface area (Å²) in [7, 11) is 0. The molecule has 10 heavy (non-hydrogen) atoms. The third-order valence-electron chi connectivity index (χ3n) is 1.27. The lowest BCUT2D eigenvalue weighted by molar-refractivity contribution is 1.12. The largest absolute Gasteiger partial charge is 0.131 e. The van der Waals surface area contributed by atoms with Gasteiger partial charge in [0.05, 0.1) is 9.16 Å². The normalized spacial score (nSPS) is 13.6. The second kappa shape index (κ2) is 3.24. The summed E-state index contributed by atoms with van der Waals surface area (Å²) in [6.07, 6.45) is 0. The summed E-state index contributed by atoms with van der Waals surface area (Å²) in [6.45, 7) is 4.06. The molecule has 56 valence electrons. The molecule has 0 aliphatic carbocycles. The Kier molecular flexibility index (Phi) is 2.78. The van der Waals surface area contributed by atoms with Crippen molar-refractivity contribution in [3.63, 3.8) is 0 Å². The fourth-order valence-electron chi connectivity index (χ4n) is 0.680. The SMILES string of the molecule is Cc1cc(C(C)Cl)sc1Br. The van der Waals surface area contributed by atoms with E-state index in [4.69, 9.17) is 11.6 Å². The lowest BCUT2D eigenvalue weighted by atomic mass is 10.3. The third-order valence-corrected chi connectivity index (χ3v) is 3.95. The second-order valence-electron chi connectivity index (χ2n) is 2.22. The van der Waals surface area contributed by atoms with E-state index in [1.165, 1.54) is 14.2 Å². The van der Waals surface area contributed by atoms with Crippen LogP contribution in [0.5, 0.6) is 0 Å². The van der Waals surface area contributed by atoms with Crippen molar-refractivity contribution in [1.82, 2.24) is 0 Å². The summed E-state index contributed by atoms with van der Waals surface area (Å²) >= 11 is 11.0. The minimum atomic E-state index is 0.134. The van der Waals surface area contributed by atoms with Gasteiger partial charge in [0.15, 0.2) is 0 Å². The third kappa shape index (κ3) is 1.74. The Bertz CT molecular complexity index is 210. The number of alkyl halides is 1. The van der Waals surface area contributed by atoms with Gasteiger partial charge in [-0.2, -0.15) is 0 Å². The first-order valence-corrected chi connectivity index (χ1v) is 5.05. The molecule has 0 saturated carbocycles. The zero-order valence-corrected chi connectivity index (χ0v) is 8.98. The fraction of sp³-hybridized carbons (Fsp3) is 0.429. The summed E-state index contributed by atoms with van der Waals surface area (Å²) < 4.78 is 1.19. The molecule has 0 N–H and O–H groups in total. The van der Waals surface area contributed by atoms with E-state index in [1.807, 2.05) is 6.92 Å². The highest BCUT2D eigenvalue weighted by atomic mass is 79.9. The maximum Gasteiger partial charge on any atom is 0.0731 e. The Morgan fingerprint density at radius 3 is 2.50 bits per heavy atom. The molecule has 1 rings (SSSR count). The first-order valence-electron chi connectivity index (χ1n) is 3.01. The van der Waals surface area contributed by atoms with Crippen molar-refractivity contribution in [3.05, 3.63) is 20.3 Å². The maximum atomic E-state index is 5.88. The topological polar surface area (TPSA) is 0 Å². The van der Waals surface area contributed by atoms with Crippen molar-refractivity contribution < 1.29 is 0 Å². The minimum Gasteiger partial charge on any atom is -0.131 e. The molecule has 0 aromatic carbocycles. The molecule has 0 amide bonds. The molecule has 3 heteroatoms. The Balaban J connectivity index is 2.98. The molecular weight excluding hydrogens is 232 g/mol. The average Bonchev–Trinajstić information content (AvgIpc) is 2.13. The molecule has 0 saturated heterocycles. The molecule has 0 bridgehead atoms. The first-order chi connectivity index (χ1) is 4.61. The van der Waals surface area contributed by atoms with Crippen LogP contribution in [-0.2, 0) is 0 Å². The quantitative estimate of drug-likeness (QED) is 0.647. The Morgan fingerprint density at radius 2 is 2.30 bits per heavy atom. The maximum absolute atomic E-state index is 5.88. The molecule has 0 radical (unpaired) electrons. The highest BCUT2D eigenvalue weighted by molar-refractivity contribution is 9.11. The molecule has 0 aliphatic heterocycles. The lowest BCUT2D eigenvalue weighted by Gasteiger charge is -1.93. The van der Waals surface area contributed by atoms with Gasteiger partial charge in [-0.25, -0.2) is 0 Å². The number of rotatable bonds is 1. The molecule has 1 unspecified atom stereocenters. The van der Waals surface area contributed by atoms with Gasteiger partial charge in [0.2, 0.25) is 0 Å². The Hall–Kier alpha value is 0.470. The second-order valence-corrected chi connectivity index (χ2v) is 5.28. The predicted octanol–water partition coefficient (Wildman–Crippen LogP) is 4.12. The molecule has 0 fully saturated rings. The number of halogens is 2. The summed E-state index contributed by atoms with van der Waals surface area (Å²) in [5.74, 6) is 0. The van der Waals surface area contributed by atoms with Crippen LogP contribution in [0, 0.1) is 6.92 Å². The van der Waals surface area contributed by atoms with Crippen molar-refractivity contribution in [1.29, 1.82) is 0 Å². The van der Waals surface area contributed by atoms with Crippen molar-refractivity contribution in [2.24, 2.45) is 0 Å². The summed E-state index contributed by atoms with van der Waals surface area (Å²) in [5, 5.41) is 0.134. The molecule has 1 heterocycles. The number of hydrogen-bond donors (Lipinski definition) is 0. The Morgan fingerprint density at radius 1 is 1.70 bits per heavy atom. The van der Waals surface area contributed by atoms with Gasteiger partial charge in [-0.1, -0.05) is 0 Å². The summed E-state index contributed by atoms with van der Waals surface area (Å²) in [6, 6.07) is 2.12. The lowest BCUT2D eigenvalue weighted by Crippen LogP contribution is -1.73. The first kappa shape index (κ1) is 8.57. The zero-order chi connectivity index (χ0) is 7.72. The molecule has 1 aromatic heterocycles. The van der Waals surface area contributed by atoms with Gasteiger partial charge < -0.3 is 0 Å². The van der Waals surface area contributed by atoms with Gasteiger partial charge in [-0.3, -0.25) is 0 Å². The summed E-state index contributed by atoms with van der Waals surface area (Å²) in [4.78, 5) is 1.23. The van der Waals surface area contributed by atoms with E-state index in [2.05, 4.69) is 28.9 Å². The standard InChI is InChI=1S/C7H8BrClS/c1-4-3-6(5(2)9)10-7(4)8/h3,5H,1-2H3. The smallest absolute Gasteiger partial charge is 0.0731 e. The predicted molar refractivity (Wildman–Crippen MR) is 51.0 cm³/mol. The van der Waals surface area contributed by atoms with E-state index in [1.54, 1.807) is 11.3 Å². The van der Waals surface area contributed by atoms with Crippen LogP contribution in [0.1, 0.15) is 22.7 Å². The van der Waals surface area contributed by atoms with Gasteiger partial charge in [0, 0.05) is 4.88 Å². The summed E-state index contributed by atoms with van der Waals surface area (Å²) in [5.41, 5.74) is 1.27. The van der Waals surface area contributed by atoms with E-state index in [-0.39, 0.29) is 5.38 Å². The van der Waals surface area contributed by atoms with Gasteiger partial charge in [-0.15, -0.1) is 22.9 Å². The van der Waals surface area contributed by atoms with Crippen molar-refractivity contribution in [3.8, 4) is 0 Å². The van der Waals surface area contributed by atoms with Crippen LogP contribution in [0.4, 0.5) is 0 Å². The van der Waals surface area contributed by atoms with Crippen LogP contribution in [0.3, 0.4) is 0 Å². The molecule has 0 spiro atoms. The van der Waals surface area contributed by atoms with Crippen LogP contribution in [0.2, 0.25) is 0 Å².